The van der Waals surface area contributed by atoms with E-state index in [1.165, 1.54) is 0 Å². The highest BCUT2D eigenvalue weighted by Gasteiger charge is 2.05. The fourth-order valence-corrected chi connectivity index (χ4v) is 1.58. The van der Waals surface area contributed by atoms with E-state index in [2.05, 4.69) is 16.4 Å². The van der Waals surface area contributed by atoms with Gasteiger partial charge in [0.25, 0.3) is 0 Å². The van der Waals surface area contributed by atoms with E-state index < -0.39 is 0 Å². The molecule has 0 atom stereocenters. The maximum Gasteiger partial charge on any atom is 0.132 e. The number of hydrogen-bond acceptors (Lipinski definition) is 4. The fraction of sp³-hybridized carbons (Fsp3) is 0.0769. The average molecular weight is 224 g/mol. The molecule has 0 fully saturated rings. The largest absolute Gasteiger partial charge is 0.384 e. The summed E-state index contributed by atoms with van der Waals surface area (Å²) in [7, 11) is 0. The van der Waals surface area contributed by atoms with Crippen LogP contribution in [0.3, 0.4) is 0 Å². The summed E-state index contributed by atoms with van der Waals surface area (Å²) in [6.07, 6.45) is 0. The molecule has 2 rings (SSSR count). The fourth-order valence-electron chi connectivity index (χ4n) is 1.58. The lowest BCUT2D eigenvalue weighted by Gasteiger charge is -2.09. The number of nitrogens with two attached hydrogens (primary N) is 1. The van der Waals surface area contributed by atoms with Crippen LogP contribution in [0, 0.1) is 18.3 Å². The Bertz CT molecular complexity index is 584. The van der Waals surface area contributed by atoms with Crippen LogP contribution in [0.1, 0.15) is 11.1 Å². The lowest BCUT2D eigenvalue weighted by molar-refractivity contribution is 1.30. The van der Waals surface area contributed by atoms with Crippen LogP contribution in [-0.2, 0) is 0 Å². The number of rotatable bonds is 2. The minimum Gasteiger partial charge on any atom is -0.384 e. The second kappa shape index (κ2) is 4.54. The summed E-state index contributed by atoms with van der Waals surface area (Å²) in [5.74, 6) is 1.08. The Morgan fingerprint density at radius 2 is 2.00 bits per heavy atom. The zero-order valence-corrected chi connectivity index (χ0v) is 9.44. The molecule has 1 heterocycles. The van der Waals surface area contributed by atoms with E-state index >= 15 is 0 Å². The Labute approximate surface area is 99.7 Å². The second-order valence-corrected chi connectivity index (χ2v) is 3.68. The molecule has 0 saturated carbocycles. The minimum atomic E-state index is 0.446. The Kier molecular flexibility index (Phi) is 2.93. The summed E-state index contributed by atoms with van der Waals surface area (Å²) < 4.78 is 0. The molecule has 0 unspecified atom stereocenters. The molecular weight excluding hydrogens is 212 g/mol. The van der Waals surface area contributed by atoms with E-state index in [1.54, 1.807) is 12.1 Å². The van der Waals surface area contributed by atoms with Gasteiger partial charge in [-0.3, -0.25) is 0 Å². The third-order valence-corrected chi connectivity index (χ3v) is 2.42. The van der Waals surface area contributed by atoms with Crippen molar-refractivity contribution in [1.29, 1.82) is 5.26 Å². The lowest BCUT2D eigenvalue weighted by atomic mass is 10.1. The van der Waals surface area contributed by atoms with Gasteiger partial charge in [0, 0.05) is 0 Å². The van der Waals surface area contributed by atoms with Gasteiger partial charge in [-0.15, -0.1) is 0 Å². The zero-order valence-electron chi connectivity index (χ0n) is 9.44. The highest BCUT2D eigenvalue weighted by molar-refractivity contribution is 5.67. The summed E-state index contributed by atoms with van der Waals surface area (Å²) in [6, 6.07) is 13.1. The van der Waals surface area contributed by atoms with Gasteiger partial charge in [0.1, 0.15) is 17.7 Å². The van der Waals surface area contributed by atoms with Crippen LogP contribution >= 0.6 is 0 Å². The first-order chi connectivity index (χ1) is 8.20. The molecule has 0 radical (unpaired) electrons. The van der Waals surface area contributed by atoms with Gasteiger partial charge in [-0.2, -0.15) is 5.26 Å². The number of nitrogens with one attached hydrogen (secondary N) is 1. The number of pyridine rings is 1. The van der Waals surface area contributed by atoms with Crippen LogP contribution in [0.15, 0.2) is 36.4 Å². The molecular formula is C13H12N4. The highest BCUT2D eigenvalue weighted by Crippen LogP contribution is 2.22. The van der Waals surface area contributed by atoms with Gasteiger partial charge in [0.15, 0.2) is 0 Å². The quantitative estimate of drug-likeness (QED) is 0.822. The summed E-state index contributed by atoms with van der Waals surface area (Å²) >= 11 is 0. The van der Waals surface area contributed by atoms with Gasteiger partial charge in [0.05, 0.1) is 11.3 Å². The van der Waals surface area contributed by atoms with Gasteiger partial charge < -0.3 is 11.1 Å². The average Bonchev–Trinajstić information content (AvgIpc) is 2.29. The van der Waals surface area contributed by atoms with E-state index in [1.807, 2.05) is 31.2 Å². The smallest absolute Gasteiger partial charge is 0.132 e. The van der Waals surface area contributed by atoms with Crippen molar-refractivity contribution in [3.8, 4) is 6.07 Å². The van der Waals surface area contributed by atoms with Crippen LogP contribution in [0.25, 0.3) is 0 Å². The number of nitrogen functional groups attached to an aromatic ring is 1. The number of benzene rings is 1. The first-order valence-corrected chi connectivity index (χ1v) is 5.20. The van der Waals surface area contributed by atoms with E-state index in [0.717, 1.165) is 11.3 Å². The number of aryl methyl sites for hydroxylation is 1. The highest BCUT2D eigenvalue weighted by atomic mass is 15.0. The predicted molar refractivity (Wildman–Crippen MR) is 67.8 cm³/mol. The van der Waals surface area contributed by atoms with Crippen molar-refractivity contribution in [3.05, 3.63) is 47.5 Å². The first-order valence-electron chi connectivity index (χ1n) is 5.20. The van der Waals surface area contributed by atoms with Gasteiger partial charge in [-0.05, 0) is 30.7 Å². The maximum atomic E-state index is 9.10. The molecule has 4 nitrogen and oxygen atoms in total. The van der Waals surface area contributed by atoms with Crippen molar-refractivity contribution in [2.45, 2.75) is 6.92 Å². The number of nitriles is 1. The molecule has 4 heteroatoms. The van der Waals surface area contributed by atoms with Crippen LogP contribution < -0.4 is 11.1 Å². The third kappa shape index (κ3) is 2.34. The Morgan fingerprint density at radius 1 is 1.24 bits per heavy atom. The summed E-state index contributed by atoms with van der Waals surface area (Å²) in [5, 5.41) is 12.2. The standard InChI is InChI=1S/C13H12N4/c1-9-4-2-5-11(10(9)8-14)16-13-7-3-6-12(15)17-13/h2-7H,1H3,(H3,15,16,17). The Balaban J connectivity index is 2.37. The molecule has 1 aromatic carbocycles. The molecule has 0 aliphatic carbocycles. The van der Waals surface area contributed by atoms with Gasteiger partial charge in [-0.1, -0.05) is 18.2 Å². The van der Waals surface area contributed by atoms with Crippen molar-refractivity contribution in [1.82, 2.24) is 4.98 Å². The number of hydrogen-bond donors (Lipinski definition) is 2. The zero-order chi connectivity index (χ0) is 12.3. The monoisotopic (exact) mass is 224 g/mol. The molecule has 3 N–H and O–H groups in total. The van der Waals surface area contributed by atoms with Crippen LogP contribution in [0.5, 0.6) is 0 Å². The first kappa shape index (κ1) is 11.0. The number of anilines is 3. The van der Waals surface area contributed by atoms with E-state index in [9.17, 15) is 0 Å². The SMILES string of the molecule is Cc1cccc(Nc2cccc(N)n2)c1C#N. The van der Waals surface area contributed by atoms with E-state index in [0.29, 0.717) is 17.2 Å². The molecule has 0 spiro atoms. The predicted octanol–water partition coefficient (Wildman–Crippen LogP) is 2.59. The third-order valence-electron chi connectivity index (χ3n) is 2.42. The summed E-state index contributed by atoms with van der Waals surface area (Å²) in [6.45, 7) is 1.90. The normalized spacial score (nSPS) is 9.65. The van der Waals surface area contributed by atoms with Crippen molar-refractivity contribution in [3.63, 3.8) is 0 Å². The van der Waals surface area contributed by atoms with Crippen molar-refractivity contribution < 1.29 is 0 Å². The van der Waals surface area contributed by atoms with Gasteiger partial charge in [-0.25, -0.2) is 4.98 Å². The molecule has 2 aromatic rings. The van der Waals surface area contributed by atoms with Crippen molar-refractivity contribution in [2.24, 2.45) is 0 Å². The van der Waals surface area contributed by atoms with Crippen LogP contribution in [0.2, 0.25) is 0 Å². The Hall–Kier alpha value is -2.54. The molecule has 0 bridgehead atoms. The second-order valence-electron chi connectivity index (χ2n) is 3.68. The minimum absolute atomic E-state index is 0.446. The summed E-state index contributed by atoms with van der Waals surface area (Å²) in [5.41, 5.74) is 7.89. The Morgan fingerprint density at radius 3 is 2.71 bits per heavy atom. The van der Waals surface area contributed by atoms with E-state index in [-0.39, 0.29) is 0 Å². The molecule has 0 amide bonds. The molecule has 0 saturated heterocycles. The number of nitrogens with zero attached hydrogens (tertiary/aromatic N) is 2. The molecule has 0 aliphatic heterocycles. The van der Waals surface area contributed by atoms with E-state index in [4.69, 9.17) is 11.0 Å². The van der Waals surface area contributed by atoms with Crippen molar-refractivity contribution >= 4 is 17.3 Å². The summed E-state index contributed by atoms with van der Waals surface area (Å²) in [4.78, 5) is 4.13. The number of aromatic nitrogens is 1. The topological polar surface area (TPSA) is 74.7 Å². The van der Waals surface area contributed by atoms with Gasteiger partial charge in [0.2, 0.25) is 0 Å². The van der Waals surface area contributed by atoms with Crippen LogP contribution in [0.4, 0.5) is 17.3 Å². The van der Waals surface area contributed by atoms with Gasteiger partial charge >= 0.3 is 0 Å². The maximum absolute atomic E-state index is 9.10. The molecule has 1 aromatic heterocycles. The lowest BCUT2D eigenvalue weighted by Crippen LogP contribution is -1.99. The molecule has 17 heavy (non-hydrogen) atoms. The molecule has 84 valence electrons. The molecule has 0 aliphatic rings. The van der Waals surface area contributed by atoms with Crippen LogP contribution in [-0.4, -0.2) is 4.98 Å². The van der Waals surface area contributed by atoms with Crippen molar-refractivity contribution in [2.75, 3.05) is 11.1 Å².